The van der Waals surface area contributed by atoms with Crippen LogP contribution in [0.2, 0.25) is 0 Å². The van der Waals surface area contributed by atoms with Crippen LogP contribution in [0, 0.1) is 5.41 Å². The number of aliphatic hydroxyl groups excluding tert-OH is 1. The fourth-order valence-electron chi connectivity index (χ4n) is 2.00. The number of anilines is 1. The van der Waals surface area contributed by atoms with E-state index < -0.39 is 0 Å². The van der Waals surface area contributed by atoms with Crippen molar-refractivity contribution < 1.29 is 5.11 Å². The first kappa shape index (κ1) is 17.2. The summed E-state index contributed by atoms with van der Waals surface area (Å²) in [6, 6.07) is 0.0238. The van der Waals surface area contributed by atoms with Gasteiger partial charge < -0.3 is 10.4 Å². The van der Waals surface area contributed by atoms with E-state index in [1.54, 1.807) is 6.20 Å². The molecule has 0 aliphatic carbocycles. The van der Waals surface area contributed by atoms with Crippen molar-refractivity contribution in [2.24, 2.45) is 5.41 Å². The van der Waals surface area contributed by atoms with Crippen LogP contribution in [0.25, 0.3) is 0 Å². The molecule has 0 spiro atoms. The molecule has 0 radical (unpaired) electrons. The molecule has 1 rings (SSSR count). The summed E-state index contributed by atoms with van der Waals surface area (Å²) in [5.41, 5.74) is 0.367. The minimum atomic E-state index is -0.160. The highest BCUT2D eigenvalue weighted by Gasteiger charge is 2.25. The van der Waals surface area contributed by atoms with Crippen molar-refractivity contribution >= 4 is 21.6 Å². The van der Waals surface area contributed by atoms with E-state index in [-0.39, 0.29) is 23.6 Å². The van der Waals surface area contributed by atoms with Gasteiger partial charge in [0.15, 0.2) is 0 Å². The molecule has 0 amide bonds. The van der Waals surface area contributed by atoms with Crippen molar-refractivity contribution in [1.29, 1.82) is 0 Å². The Labute approximate surface area is 128 Å². The summed E-state index contributed by atoms with van der Waals surface area (Å²) in [5, 5.41) is 17.0. The van der Waals surface area contributed by atoms with Crippen molar-refractivity contribution in [3.8, 4) is 0 Å². The molecule has 6 heteroatoms. The van der Waals surface area contributed by atoms with Crippen LogP contribution < -0.4 is 10.9 Å². The Morgan fingerprint density at radius 2 is 2.05 bits per heavy atom. The monoisotopic (exact) mass is 345 g/mol. The first-order valence-electron chi connectivity index (χ1n) is 7.02. The Hall–Kier alpha value is -0.880. The molecule has 0 saturated heterocycles. The predicted molar refractivity (Wildman–Crippen MR) is 85.2 cm³/mol. The maximum atomic E-state index is 12.1. The Morgan fingerprint density at radius 1 is 1.45 bits per heavy atom. The Morgan fingerprint density at radius 3 is 2.50 bits per heavy atom. The lowest BCUT2D eigenvalue weighted by Crippen LogP contribution is -2.33. The van der Waals surface area contributed by atoms with Gasteiger partial charge in [-0.25, -0.2) is 4.68 Å². The van der Waals surface area contributed by atoms with E-state index in [0.29, 0.717) is 16.7 Å². The lowest BCUT2D eigenvalue weighted by molar-refractivity contribution is 0.127. The third kappa shape index (κ3) is 3.61. The third-order valence-electron chi connectivity index (χ3n) is 3.92. The van der Waals surface area contributed by atoms with Gasteiger partial charge in [0.25, 0.3) is 5.56 Å². The van der Waals surface area contributed by atoms with E-state index >= 15 is 0 Å². The van der Waals surface area contributed by atoms with Crippen LogP contribution in [0.4, 0.5) is 5.69 Å². The van der Waals surface area contributed by atoms with Crippen molar-refractivity contribution in [1.82, 2.24) is 9.78 Å². The molecule has 1 aromatic rings. The number of hydrogen-bond acceptors (Lipinski definition) is 4. The molecule has 114 valence electrons. The second-order valence-corrected chi connectivity index (χ2v) is 6.23. The number of aromatic nitrogens is 2. The van der Waals surface area contributed by atoms with Gasteiger partial charge in [0.1, 0.15) is 4.47 Å². The van der Waals surface area contributed by atoms with Crippen LogP contribution >= 0.6 is 15.9 Å². The van der Waals surface area contributed by atoms with Crippen LogP contribution in [0.15, 0.2) is 15.5 Å². The van der Waals surface area contributed by atoms with Gasteiger partial charge >= 0.3 is 0 Å². The average molecular weight is 346 g/mol. The first-order valence-corrected chi connectivity index (χ1v) is 7.82. The van der Waals surface area contributed by atoms with E-state index in [0.717, 1.165) is 12.8 Å². The zero-order valence-electron chi connectivity index (χ0n) is 12.6. The van der Waals surface area contributed by atoms with Gasteiger partial charge in [-0.05, 0) is 42.6 Å². The average Bonchev–Trinajstić information content (AvgIpc) is 2.44. The zero-order valence-corrected chi connectivity index (χ0v) is 14.2. The van der Waals surface area contributed by atoms with E-state index in [1.165, 1.54) is 4.68 Å². The van der Waals surface area contributed by atoms with Crippen molar-refractivity contribution in [2.45, 2.75) is 46.6 Å². The molecule has 20 heavy (non-hydrogen) atoms. The number of aliphatic hydroxyl groups is 1. The highest BCUT2D eigenvalue weighted by molar-refractivity contribution is 9.10. The van der Waals surface area contributed by atoms with Crippen LogP contribution in [0.5, 0.6) is 0 Å². The highest BCUT2D eigenvalue weighted by atomic mass is 79.9. The second kappa shape index (κ2) is 7.22. The fourth-order valence-corrected chi connectivity index (χ4v) is 2.42. The summed E-state index contributed by atoms with van der Waals surface area (Å²) in [6.07, 6.45) is 3.40. The summed E-state index contributed by atoms with van der Waals surface area (Å²) < 4.78 is 1.93. The molecular formula is C14H24BrN3O2. The van der Waals surface area contributed by atoms with E-state index in [1.807, 2.05) is 13.8 Å². The third-order valence-corrected chi connectivity index (χ3v) is 4.69. The molecule has 0 aliphatic rings. The van der Waals surface area contributed by atoms with Gasteiger partial charge in [-0.1, -0.05) is 13.8 Å². The maximum Gasteiger partial charge on any atom is 0.283 e. The van der Waals surface area contributed by atoms with Gasteiger partial charge in [-0.3, -0.25) is 4.79 Å². The minimum Gasteiger partial charge on any atom is -0.396 e. The highest BCUT2D eigenvalue weighted by Crippen LogP contribution is 2.27. The predicted octanol–water partition coefficient (Wildman–Crippen LogP) is 2.80. The second-order valence-electron chi connectivity index (χ2n) is 5.43. The van der Waals surface area contributed by atoms with Crippen molar-refractivity contribution in [3.05, 3.63) is 21.0 Å². The number of halogens is 1. The Bertz CT molecular complexity index is 487. The largest absolute Gasteiger partial charge is 0.396 e. The normalized spacial score (nSPS) is 11.9. The summed E-state index contributed by atoms with van der Waals surface area (Å²) in [4.78, 5) is 12.1. The van der Waals surface area contributed by atoms with Gasteiger partial charge in [-0.2, -0.15) is 5.10 Å². The molecule has 0 bridgehead atoms. The number of hydrogen-bond donors (Lipinski definition) is 2. The van der Waals surface area contributed by atoms with Gasteiger partial charge in [0, 0.05) is 12.0 Å². The molecule has 0 unspecified atom stereocenters. The lowest BCUT2D eigenvalue weighted by Gasteiger charge is -2.30. The molecule has 0 aromatic carbocycles. The molecule has 0 fully saturated rings. The van der Waals surface area contributed by atoms with Crippen molar-refractivity contribution in [2.75, 3.05) is 18.5 Å². The minimum absolute atomic E-state index is 0.0238. The molecule has 1 heterocycles. The lowest BCUT2D eigenvalue weighted by atomic mass is 9.83. The number of nitrogens with one attached hydrogen (secondary N) is 1. The van der Waals surface area contributed by atoms with E-state index in [2.05, 4.69) is 40.2 Å². The molecule has 2 N–H and O–H groups in total. The summed E-state index contributed by atoms with van der Waals surface area (Å²) >= 11 is 3.33. The number of rotatable bonds is 7. The van der Waals surface area contributed by atoms with Crippen molar-refractivity contribution in [3.63, 3.8) is 0 Å². The fraction of sp³-hybridized carbons (Fsp3) is 0.714. The summed E-state index contributed by atoms with van der Waals surface area (Å²) in [5.74, 6) is 0. The SMILES string of the molecule is CCC(CC)(CO)CNc1cnn(C(C)C)c(=O)c1Br. The van der Waals surface area contributed by atoms with Crippen LogP contribution in [-0.2, 0) is 0 Å². The number of nitrogens with zero attached hydrogens (tertiary/aromatic N) is 2. The molecule has 1 aromatic heterocycles. The molecule has 0 aliphatic heterocycles. The zero-order chi connectivity index (χ0) is 15.3. The van der Waals surface area contributed by atoms with Crippen LogP contribution in [0.3, 0.4) is 0 Å². The Kier molecular flexibility index (Phi) is 6.20. The first-order chi connectivity index (χ1) is 9.40. The quantitative estimate of drug-likeness (QED) is 0.797. The van der Waals surface area contributed by atoms with Gasteiger partial charge in [0.05, 0.1) is 24.5 Å². The molecular weight excluding hydrogens is 322 g/mol. The smallest absolute Gasteiger partial charge is 0.283 e. The molecule has 0 atom stereocenters. The van der Waals surface area contributed by atoms with E-state index in [4.69, 9.17) is 0 Å². The van der Waals surface area contributed by atoms with E-state index in [9.17, 15) is 9.90 Å². The summed E-state index contributed by atoms with van der Waals surface area (Å²) in [7, 11) is 0. The molecule has 0 saturated carbocycles. The van der Waals surface area contributed by atoms with Crippen LogP contribution in [0.1, 0.15) is 46.6 Å². The Balaban J connectivity index is 2.95. The standard InChI is InChI=1S/C14H24BrN3O2/c1-5-14(6-2,9-19)8-16-11-7-17-18(10(3)4)13(20)12(11)15/h7,10,16,19H,5-6,8-9H2,1-4H3. The van der Waals surface area contributed by atoms with Crippen LogP contribution in [-0.4, -0.2) is 28.0 Å². The molecule has 5 nitrogen and oxygen atoms in total. The van der Waals surface area contributed by atoms with Gasteiger partial charge in [-0.15, -0.1) is 0 Å². The van der Waals surface area contributed by atoms with Gasteiger partial charge in [0.2, 0.25) is 0 Å². The maximum absolute atomic E-state index is 12.1. The summed E-state index contributed by atoms with van der Waals surface area (Å²) in [6.45, 7) is 8.69. The topological polar surface area (TPSA) is 67.2 Å².